The van der Waals surface area contributed by atoms with Gasteiger partial charge in [-0.15, -0.1) is 0 Å². The fourth-order valence-corrected chi connectivity index (χ4v) is 2.63. The molecule has 4 nitrogen and oxygen atoms in total. The van der Waals surface area contributed by atoms with Gasteiger partial charge in [-0.3, -0.25) is 9.78 Å². The van der Waals surface area contributed by atoms with Gasteiger partial charge in [-0.1, -0.05) is 42.5 Å². The summed E-state index contributed by atoms with van der Waals surface area (Å²) in [5, 5.41) is 3.01. The van der Waals surface area contributed by atoms with Crippen molar-refractivity contribution in [3.63, 3.8) is 0 Å². The zero-order valence-electron chi connectivity index (χ0n) is 14.3. The molecule has 0 spiro atoms. The molecule has 25 heavy (non-hydrogen) atoms. The van der Waals surface area contributed by atoms with E-state index >= 15 is 0 Å². The van der Waals surface area contributed by atoms with Crippen molar-refractivity contribution in [1.29, 1.82) is 0 Å². The van der Waals surface area contributed by atoms with Gasteiger partial charge >= 0.3 is 0 Å². The summed E-state index contributed by atoms with van der Waals surface area (Å²) in [6.45, 7) is 1.96. The zero-order chi connectivity index (χ0) is 17.6. The van der Waals surface area contributed by atoms with E-state index in [2.05, 4.69) is 10.3 Å². The number of hydrogen-bond acceptors (Lipinski definition) is 3. The number of rotatable bonds is 5. The second-order valence-electron chi connectivity index (χ2n) is 5.80. The van der Waals surface area contributed by atoms with E-state index in [1.807, 2.05) is 67.6 Å². The Morgan fingerprint density at radius 3 is 2.56 bits per heavy atom. The van der Waals surface area contributed by atoms with Crippen LogP contribution >= 0.6 is 0 Å². The first-order valence-electron chi connectivity index (χ1n) is 8.12. The number of pyridine rings is 1. The fourth-order valence-electron chi connectivity index (χ4n) is 2.63. The van der Waals surface area contributed by atoms with Gasteiger partial charge in [0.2, 0.25) is 0 Å². The Morgan fingerprint density at radius 2 is 1.80 bits per heavy atom. The highest BCUT2D eigenvalue weighted by Gasteiger charge is 2.12. The van der Waals surface area contributed by atoms with E-state index in [0.29, 0.717) is 5.56 Å². The molecule has 0 fully saturated rings. The Bertz CT molecular complexity index is 863. The average Bonchev–Trinajstić information content (AvgIpc) is 2.68. The number of carbonyl (C=O) groups excluding carboxylic acids is 1. The number of ether oxygens (including phenoxy) is 1. The molecule has 1 N–H and O–H groups in total. The highest BCUT2D eigenvalue weighted by atomic mass is 16.5. The average molecular weight is 332 g/mol. The second kappa shape index (κ2) is 7.62. The molecular formula is C21H20N2O2. The summed E-state index contributed by atoms with van der Waals surface area (Å²) >= 11 is 0. The van der Waals surface area contributed by atoms with Crippen molar-refractivity contribution in [1.82, 2.24) is 10.3 Å². The summed E-state index contributed by atoms with van der Waals surface area (Å²) in [5.41, 5.74) is 3.42. The molecule has 126 valence electrons. The first-order chi connectivity index (χ1) is 12.2. The predicted octanol–water partition coefficient (Wildman–Crippen LogP) is 4.25. The van der Waals surface area contributed by atoms with E-state index in [1.54, 1.807) is 19.5 Å². The summed E-state index contributed by atoms with van der Waals surface area (Å²) < 4.78 is 5.26. The van der Waals surface area contributed by atoms with Crippen LogP contribution in [0.4, 0.5) is 0 Å². The van der Waals surface area contributed by atoms with Gasteiger partial charge in [0, 0.05) is 18.0 Å². The van der Waals surface area contributed by atoms with Crippen LogP contribution in [-0.2, 0) is 0 Å². The number of aromatic nitrogens is 1. The largest absolute Gasteiger partial charge is 0.497 e. The lowest BCUT2D eigenvalue weighted by Gasteiger charge is -2.14. The second-order valence-corrected chi connectivity index (χ2v) is 5.80. The maximum atomic E-state index is 12.6. The van der Waals surface area contributed by atoms with E-state index in [-0.39, 0.29) is 11.9 Å². The third-order valence-electron chi connectivity index (χ3n) is 4.05. The van der Waals surface area contributed by atoms with Gasteiger partial charge in [-0.2, -0.15) is 0 Å². The van der Waals surface area contributed by atoms with Crippen LogP contribution in [0.15, 0.2) is 73.1 Å². The maximum absolute atomic E-state index is 12.6. The van der Waals surface area contributed by atoms with E-state index in [0.717, 1.165) is 22.4 Å². The lowest BCUT2D eigenvalue weighted by molar-refractivity contribution is 0.0939. The van der Waals surface area contributed by atoms with E-state index in [4.69, 9.17) is 4.74 Å². The number of nitrogens with zero attached hydrogens (tertiary/aromatic N) is 1. The van der Waals surface area contributed by atoms with Crippen LogP contribution < -0.4 is 10.1 Å². The summed E-state index contributed by atoms with van der Waals surface area (Å²) in [6.07, 6.45) is 3.32. The van der Waals surface area contributed by atoms with E-state index < -0.39 is 0 Å². The van der Waals surface area contributed by atoms with Crippen molar-refractivity contribution in [2.24, 2.45) is 0 Å². The molecule has 1 aromatic heterocycles. The van der Waals surface area contributed by atoms with Crippen LogP contribution in [0.1, 0.15) is 28.9 Å². The first kappa shape index (κ1) is 16.7. The SMILES string of the molecule is COc1cccc(-c2cncc(C(=O)N[C@@H](C)c3ccccc3)c2)c1. The molecule has 3 aromatic rings. The monoisotopic (exact) mass is 332 g/mol. The highest BCUT2D eigenvalue weighted by molar-refractivity contribution is 5.95. The van der Waals surface area contributed by atoms with Gasteiger partial charge in [0.1, 0.15) is 5.75 Å². The molecule has 0 radical (unpaired) electrons. The Labute approximate surface area is 147 Å². The van der Waals surface area contributed by atoms with Crippen molar-refractivity contribution < 1.29 is 9.53 Å². The number of methoxy groups -OCH3 is 1. The van der Waals surface area contributed by atoms with Gasteiger partial charge in [0.25, 0.3) is 5.91 Å². The lowest BCUT2D eigenvalue weighted by atomic mass is 10.0. The minimum absolute atomic E-state index is 0.0748. The van der Waals surface area contributed by atoms with Crippen LogP contribution in [0.5, 0.6) is 5.75 Å². The van der Waals surface area contributed by atoms with Crippen molar-refractivity contribution >= 4 is 5.91 Å². The molecule has 0 bridgehead atoms. The molecule has 1 heterocycles. The lowest BCUT2D eigenvalue weighted by Crippen LogP contribution is -2.26. The summed E-state index contributed by atoms with van der Waals surface area (Å²) in [7, 11) is 1.63. The molecule has 0 aliphatic carbocycles. The van der Waals surface area contributed by atoms with Gasteiger partial charge in [-0.05, 0) is 36.2 Å². The predicted molar refractivity (Wildman–Crippen MR) is 98.5 cm³/mol. The first-order valence-corrected chi connectivity index (χ1v) is 8.12. The van der Waals surface area contributed by atoms with Gasteiger partial charge in [-0.25, -0.2) is 0 Å². The summed E-state index contributed by atoms with van der Waals surface area (Å²) in [5.74, 6) is 0.624. The standard InChI is InChI=1S/C21H20N2O2/c1-15(16-7-4-3-5-8-16)23-21(24)19-11-18(13-22-14-19)17-9-6-10-20(12-17)25-2/h3-15H,1-2H3,(H,23,24)/t15-/m0/s1. The molecule has 0 unspecified atom stereocenters. The van der Waals surface area contributed by atoms with E-state index in [1.165, 1.54) is 0 Å². The molecule has 0 aliphatic rings. The molecule has 0 aliphatic heterocycles. The summed E-state index contributed by atoms with van der Waals surface area (Å²) in [4.78, 5) is 16.8. The Morgan fingerprint density at radius 1 is 1.00 bits per heavy atom. The molecule has 0 saturated carbocycles. The van der Waals surface area contributed by atoms with Crippen molar-refractivity contribution in [2.45, 2.75) is 13.0 Å². The number of hydrogen-bond donors (Lipinski definition) is 1. The quantitative estimate of drug-likeness (QED) is 0.760. The number of nitrogens with one attached hydrogen (secondary N) is 1. The number of amides is 1. The Hall–Kier alpha value is -3.14. The number of benzene rings is 2. The summed E-state index contributed by atoms with van der Waals surface area (Å²) in [6, 6.07) is 19.3. The molecule has 4 heteroatoms. The molecule has 2 aromatic carbocycles. The third-order valence-corrected chi connectivity index (χ3v) is 4.05. The van der Waals surface area contributed by atoms with Crippen molar-refractivity contribution in [3.8, 4) is 16.9 Å². The maximum Gasteiger partial charge on any atom is 0.253 e. The van der Waals surface area contributed by atoms with Crippen molar-refractivity contribution in [3.05, 3.63) is 84.2 Å². The smallest absolute Gasteiger partial charge is 0.253 e. The Kier molecular flexibility index (Phi) is 5.09. The molecule has 0 saturated heterocycles. The molecular weight excluding hydrogens is 312 g/mol. The normalized spacial score (nSPS) is 11.6. The van der Waals surface area contributed by atoms with Crippen LogP contribution in [0.2, 0.25) is 0 Å². The van der Waals surface area contributed by atoms with Crippen LogP contribution in [0.25, 0.3) is 11.1 Å². The van der Waals surface area contributed by atoms with Crippen LogP contribution in [-0.4, -0.2) is 18.0 Å². The van der Waals surface area contributed by atoms with Crippen LogP contribution in [0.3, 0.4) is 0 Å². The van der Waals surface area contributed by atoms with Gasteiger partial charge in [0.15, 0.2) is 0 Å². The Balaban J connectivity index is 1.80. The molecule has 1 atom stereocenters. The fraction of sp³-hybridized carbons (Fsp3) is 0.143. The van der Waals surface area contributed by atoms with Crippen molar-refractivity contribution in [2.75, 3.05) is 7.11 Å². The third kappa shape index (κ3) is 4.04. The highest BCUT2D eigenvalue weighted by Crippen LogP contribution is 2.24. The number of carbonyl (C=O) groups is 1. The van der Waals surface area contributed by atoms with Gasteiger partial charge < -0.3 is 10.1 Å². The van der Waals surface area contributed by atoms with E-state index in [9.17, 15) is 4.79 Å². The van der Waals surface area contributed by atoms with Crippen LogP contribution in [0, 0.1) is 0 Å². The minimum atomic E-state index is -0.145. The van der Waals surface area contributed by atoms with Gasteiger partial charge in [0.05, 0.1) is 18.7 Å². The molecule has 1 amide bonds. The topological polar surface area (TPSA) is 51.2 Å². The minimum Gasteiger partial charge on any atom is -0.497 e. The zero-order valence-corrected chi connectivity index (χ0v) is 14.3. The molecule has 3 rings (SSSR count).